The molecule has 0 aliphatic heterocycles. The summed E-state index contributed by atoms with van der Waals surface area (Å²) in [5, 5.41) is 9.24. The molecule has 0 heterocycles. The van der Waals surface area contributed by atoms with Crippen molar-refractivity contribution in [3.8, 4) is 0 Å². The maximum Gasteiger partial charge on any atom is 0.313 e. The van der Waals surface area contributed by atoms with Gasteiger partial charge in [0.2, 0.25) is 0 Å². The Balaban J connectivity index is 5.42. The van der Waals surface area contributed by atoms with Gasteiger partial charge in [-0.1, -0.05) is 48.5 Å². The smallest absolute Gasteiger partial charge is 0.313 e. The number of aliphatic hydroxyl groups excluding tert-OH is 1. The van der Waals surface area contributed by atoms with Gasteiger partial charge in [-0.15, -0.1) is 0 Å². The van der Waals surface area contributed by atoms with Crippen molar-refractivity contribution in [1.82, 2.24) is 0 Å². The number of rotatable bonds is 6. The summed E-state index contributed by atoms with van der Waals surface area (Å²) < 4.78 is 5.89. The summed E-state index contributed by atoms with van der Waals surface area (Å²) in [5.74, 6) is 0.181. The molecule has 0 aliphatic rings. The van der Waals surface area contributed by atoms with Gasteiger partial charge >= 0.3 is 5.97 Å². The summed E-state index contributed by atoms with van der Waals surface area (Å²) in [6.07, 6.45) is 0.467. The molecule has 0 aromatic carbocycles. The van der Waals surface area contributed by atoms with Gasteiger partial charge in [0, 0.05) is 13.0 Å². The van der Waals surface area contributed by atoms with E-state index in [2.05, 4.69) is 34.6 Å². The minimum absolute atomic E-state index is 0.0237. The van der Waals surface area contributed by atoms with Crippen LogP contribution in [0, 0.1) is 22.7 Å². The summed E-state index contributed by atoms with van der Waals surface area (Å²) in [6.45, 7) is 18.3. The predicted molar refractivity (Wildman–Crippen MR) is 83.4 cm³/mol. The fourth-order valence-electron chi connectivity index (χ4n) is 2.41. The van der Waals surface area contributed by atoms with E-state index in [-0.39, 0.29) is 29.8 Å². The minimum Gasteiger partial charge on any atom is -0.459 e. The van der Waals surface area contributed by atoms with Crippen LogP contribution in [0.25, 0.3) is 0 Å². The molecule has 0 radical (unpaired) electrons. The van der Waals surface area contributed by atoms with E-state index in [1.807, 2.05) is 27.7 Å². The molecule has 0 fully saturated rings. The topological polar surface area (TPSA) is 46.5 Å². The third-order valence-corrected chi connectivity index (χ3v) is 5.29. The quantitative estimate of drug-likeness (QED) is 0.750. The average Bonchev–Trinajstić information content (AvgIpc) is 2.25. The van der Waals surface area contributed by atoms with Crippen molar-refractivity contribution in [2.45, 2.75) is 74.3 Å². The van der Waals surface area contributed by atoms with Crippen molar-refractivity contribution in [1.29, 1.82) is 0 Å². The summed E-state index contributed by atoms with van der Waals surface area (Å²) in [5.41, 5.74) is -1.36. The summed E-state index contributed by atoms with van der Waals surface area (Å²) >= 11 is 0. The highest BCUT2D eigenvalue weighted by Gasteiger charge is 2.50. The van der Waals surface area contributed by atoms with E-state index in [1.54, 1.807) is 0 Å². The highest BCUT2D eigenvalue weighted by molar-refractivity contribution is 5.78. The van der Waals surface area contributed by atoms with Crippen molar-refractivity contribution in [3.63, 3.8) is 0 Å². The highest BCUT2D eigenvalue weighted by Crippen LogP contribution is 2.46. The van der Waals surface area contributed by atoms with Crippen molar-refractivity contribution in [3.05, 3.63) is 0 Å². The van der Waals surface area contributed by atoms with E-state index < -0.39 is 11.0 Å². The first-order valence-electron chi connectivity index (χ1n) is 7.67. The van der Waals surface area contributed by atoms with E-state index >= 15 is 0 Å². The molecule has 0 aromatic heterocycles. The molecule has 0 rings (SSSR count). The van der Waals surface area contributed by atoms with E-state index in [1.165, 1.54) is 0 Å². The van der Waals surface area contributed by atoms with Crippen LogP contribution in [0.5, 0.6) is 0 Å². The van der Waals surface area contributed by atoms with Crippen molar-refractivity contribution >= 4 is 5.97 Å². The standard InChI is InChI=1S/C17H34O3/c1-12(2)16(8,10-11-18)20-14(19)17(9,13(3)4)15(5,6)7/h12-13,18H,10-11H2,1-9H3. The fourth-order valence-corrected chi connectivity index (χ4v) is 2.41. The lowest BCUT2D eigenvalue weighted by Crippen LogP contribution is -2.50. The molecule has 0 spiro atoms. The summed E-state index contributed by atoms with van der Waals surface area (Å²) in [4.78, 5) is 12.8. The lowest BCUT2D eigenvalue weighted by molar-refractivity contribution is -0.187. The van der Waals surface area contributed by atoms with Crippen LogP contribution in [0.15, 0.2) is 0 Å². The molecule has 1 N–H and O–H groups in total. The van der Waals surface area contributed by atoms with Crippen molar-refractivity contribution < 1.29 is 14.6 Å². The maximum absolute atomic E-state index is 12.8. The predicted octanol–water partition coefficient (Wildman–Crippen LogP) is 4.04. The van der Waals surface area contributed by atoms with Crippen LogP contribution in [0.1, 0.15) is 68.7 Å². The number of hydrogen-bond acceptors (Lipinski definition) is 3. The molecule has 2 atom stereocenters. The fraction of sp³-hybridized carbons (Fsp3) is 0.941. The molecular weight excluding hydrogens is 252 g/mol. The van der Waals surface area contributed by atoms with Crippen LogP contribution >= 0.6 is 0 Å². The number of esters is 1. The van der Waals surface area contributed by atoms with Gasteiger partial charge in [0.15, 0.2) is 0 Å². The van der Waals surface area contributed by atoms with Gasteiger partial charge in [-0.05, 0) is 31.1 Å². The first-order valence-corrected chi connectivity index (χ1v) is 7.67. The normalized spacial score (nSPS) is 18.8. The van der Waals surface area contributed by atoms with E-state index in [4.69, 9.17) is 4.74 Å². The zero-order chi connectivity index (χ0) is 16.4. The molecule has 120 valence electrons. The zero-order valence-electron chi connectivity index (χ0n) is 14.8. The van der Waals surface area contributed by atoms with Gasteiger partial charge in [0.25, 0.3) is 0 Å². The molecule has 0 aromatic rings. The molecule has 20 heavy (non-hydrogen) atoms. The third-order valence-electron chi connectivity index (χ3n) is 5.29. The molecule has 3 nitrogen and oxygen atoms in total. The SMILES string of the molecule is CC(C)C(C)(CCO)OC(=O)C(C)(C(C)C)C(C)(C)C. The highest BCUT2D eigenvalue weighted by atomic mass is 16.6. The Bertz CT molecular complexity index is 328. The molecule has 0 saturated carbocycles. The van der Waals surface area contributed by atoms with E-state index in [9.17, 15) is 9.90 Å². The average molecular weight is 286 g/mol. The summed E-state index contributed by atoms with van der Waals surface area (Å²) in [6, 6.07) is 0. The zero-order valence-corrected chi connectivity index (χ0v) is 14.8. The van der Waals surface area contributed by atoms with Gasteiger partial charge in [-0.3, -0.25) is 4.79 Å². The van der Waals surface area contributed by atoms with Crippen LogP contribution < -0.4 is 0 Å². The number of hydrogen-bond donors (Lipinski definition) is 1. The Morgan fingerprint density at radius 1 is 1.00 bits per heavy atom. The molecule has 2 unspecified atom stereocenters. The second kappa shape index (κ2) is 6.46. The molecule has 0 aliphatic carbocycles. The molecule has 0 amide bonds. The summed E-state index contributed by atoms with van der Waals surface area (Å²) in [7, 11) is 0. The van der Waals surface area contributed by atoms with Gasteiger partial charge in [0.1, 0.15) is 5.60 Å². The third kappa shape index (κ3) is 3.75. The van der Waals surface area contributed by atoms with Gasteiger partial charge in [0.05, 0.1) is 5.41 Å². The Hall–Kier alpha value is -0.570. The number of carbonyl (C=O) groups excluding carboxylic acids is 1. The molecular formula is C17H34O3. The maximum atomic E-state index is 12.8. The van der Waals surface area contributed by atoms with Gasteiger partial charge in [-0.2, -0.15) is 0 Å². The molecule has 0 bridgehead atoms. The second-order valence-electron chi connectivity index (χ2n) is 7.94. The Kier molecular flexibility index (Phi) is 6.28. The van der Waals surface area contributed by atoms with Crippen LogP contribution in [0.2, 0.25) is 0 Å². The Morgan fingerprint density at radius 2 is 1.45 bits per heavy atom. The number of carbonyl (C=O) groups is 1. The van der Waals surface area contributed by atoms with E-state index in [0.717, 1.165) is 0 Å². The number of aliphatic hydroxyl groups is 1. The Morgan fingerprint density at radius 3 is 1.70 bits per heavy atom. The van der Waals surface area contributed by atoms with E-state index in [0.29, 0.717) is 6.42 Å². The first-order chi connectivity index (χ1) is 8.83. The van der Waals surface area contributed by atoms with Crippen LogP contribution in [-0.2, 0) is 9.53 Å². The second-order valence-corrected chi connectivity index (χ2v) is 7.94. The number of ether oxygens (including phenoxy) is 1. The largest absolute Gasteiger partial charge is 0.459 e. The minimum atomic E-state index is -0.618. The van der Waals surface area contributed by atoms with Crippen LogP contribution in [-0.4, -0.2) is 23.3 Å². The van der Waals surface area contributed by atoms with Crippen LogP contribution in [0.3, 0.4) is 0 Å². The molecule has 0 saturated heterocycles. The van der Waals surface area contributed by atoms with Crippen molar-refractivity contribution in [2.24, 2.45) is 22.7 Å². The molecule has 3 heteroatoms. The lowest BCUT2D eigenvalue weighted by Gasteiger charge is -2.45. The monoisotopic (exact) mass is 286 g/mol. The van der Waals surface area contributed by atoms with Crippen molar-refractivity contribution in [2.75, 3.05) is 6.61 Å². The lowest BCUT2D eigenvalue weighted by atomic mass is 9.61. The van der Waals surface area contributed by atoms with Gasteiger partial charge < -0.3 is 9.84 Å². The van der Waals surface area contributed by atoms with Crippen LogP contribution in [0.4, 0.5) is 0 Å². The van der Waals surface area contributed by atoms with Gasteiger partial charge in [-0.25, -0.2) is 0 Å². The first kappa shape index (κ1) is 19.4. The Labute approximate surface area is 125 Å².